The van der Waals surface area contributed by atoms with Gasteiger partial charge < -0.3 is 24.8 Å². The van der Waals surface area contributed by atoms with Gasteiger partial charge in [0.2, 0.25) is 0 Å². The first-order chi connectivity index (χ1) is 19.3. The molecule has 0 spiro atoms. The highest BCUT2D eigenvalue weighted by Gasteiger charge is 2.24. The maximum atomic E-state index is 13.3. The number of nitrogens with zero attached hydrogens (tertiary/aromatic N) is 4. The lowest BCUT2D eigenvalue weighted by Crippen LogP contribution is -2.27. The van der Waals surface area contributed by atoms with E-state index in [-0.39, 0.29) is 5.91 Å². The predicted octanol–water partition coefficient (Wildman–Crippen LogP) is 5.39. The summed E-state index contributed by atoms with van der Waals surface area (Å²) in [4.78, 5) is 35.8. The van der Waals surface area contributed by atoms with Crippen molar-refractivity contribution in [1.29, 1.82) is 0 Å². The molecule has 0 saturated carbocycles. The van der Waals surface area contributed by atoms with Crippen LogP contribution < -0.4 is 10.6 Å². The number of hydrogen-bond acceptors (Lipinski definition) is 7. The molecule has 5 rings (SSSR count). The van der Waals surface area contributed by atoms with E-state index in [0.29, 0.717) is 34.5 Å². The summed E-state index contributed by atoms with van der Waals surface area (Å²) in [6.45, 7) is 3.95. The summed E-state index contributed by atoms with van der Waals surface area (Å²) in [5.74, 6) is 0.654. The van der Waals surface area contributed by atoms with Crippen molar-refractivity contribution < 1.29 is 14.3 Å². The number of halogens is 1. The van der Waals surface area contributed by atoms with Gasteiger partial charge in [-0.1, -0.05) is 35.9 Å². The van der Waals surface area contributed by atoms with Gasteiger partial charge in [-0.3, -0.25) is 9.59 Å². The Kier molecular flexibility index (Phi) is 7.97. The topological polar surface area (TPSA) is 101 Å². The molecule has 1 aliphatic heterocycles. The molecule has 1 aliphatic rings. The van der Waals surface area contributed by atoms with Gasteiger partial charge in [-0.15, -0.1) is 0 Å². The second kappa shape index (κ2) is 11.6. The lowest BCUT2D eigenvalue weighted by atomic mass is 9.98. The number of likely N-dealkylation sites (N-methyl/N-ethyl adjacent to an activating group) is 1. The van der Waals surface area contributed by atoms with E-state index in [4.69, 9.17) is 16.3 Å². The minimum Gasteiger partial charge on any atom is -0.380 e. The fourth-order valence-electron chi connectivity index (χ4n) is 5.04. The standard InChI is InChI=1S/C30H31ClN6O3/c1-18-21(7-5-9-23(18)33-27-13-19(17-40-4)20(16-38)14-32-27)22-8-6-10-24(28(22)31)35-30(39)29-34-25-15-36(2)12-11-26(25)37(29)3/h5-10,13-14,16H,11-12,15,17H2,1-4H3,(H,32,33)(H,35,39). The number of rotatable bonds is 8. The highest BCUT2D eigenvalue weighted by Crippen LogP contribution is 2.38. The number of ether oxygens (including phenoxy) is 1. The summed E-state index contributed by atoms with van der Waals surface area (Å²) in [7, 11) is 5.51. The van der Waals surface area contributed by atoms with Crippen molar-refractivity contribution >= 4 is 41.0 Å². The van der Waals surface area contributed by atoms with Gasteiger partial charge in [0, 0.05) is 62.4 Å². The third-order valence-electron chi connectivity index (χ3n) is 7.23. The average molecular weight is 559 g/mol. The van der Waals surface area contributed by atoms with E-state index >= 15 is 0 Å². The van der Waals surface area contributed by atoms with Crippen LogP contribution in [0.3, 0.4) is 0 Å². The van der Waals surface area contributed by atoms with Gasteiger partial charge in [0.25, 0.3) is 5.91 Å². The van der Waals surface area contributed by atoms with Crippen LogP contribution in [0.2, 0.25) is 5.02 Å². The highest BCUT2D eigenvalue weighted by molar-refractivity contribution is 6.36. The normalized spacial score (nSPS) is 13.1. The second-order valence-electron chi connectivity index (χ2n) is 9.92. The van der Waals surface area contributed by atoms with E-state index in [1.165, 1.54) is 6.20 Å². The number of hydrogen-bond donors (Lipinski definition) is 2. The molecule has 0 saturated heterocycles. The van der Waals surface area contributed by atoms with Crippen LogP contribution in [0, 0.1) is 6.92 Å². The number of aldehydes is 1. The Morgan fingerprint density at radius 2 is 1.90 bits per heavy atom. The van der Waals surface area contributed by atoms with Gasteiger partial charge in [-0.2, -0.15) is 0 Å². The number of methoxy groups -OCH3 is 1. The van der Waals surface area contributed by atoms with Gasteiger partial charge >= 0.3 is 0 Å². The lowest BCUT2D eigenvalue weighted by molar-refractivity contribution is 0.101. The lowest BCUT2D eigenvalue weighted by Gasteiger charge is -2.21. The number of benzene rings is 2. The molecule has 10 heteroatoms. The van der Waals surface area contributed by atoms with E-state index in [9.17, 15) is 9.59 Å². The number of fused-ring (bicyclic) bond motifs is 1. The summed E-state index contributed by atoms with van der Waals surface area (Å²) >= 11 is 6.88. The minimum absolute atomic E-state index is 0.302. The molecular weight excluding hydrogens is 528 g/mol. The molecule has 0 radical (unpaired) electrons. The Morgan fingerprint density at radius 1 is 1.15 bits per heavy atom. The number of pyridine rings is 1. The van der Waals surface area contributed by atoms with E-state index < -0.39 is 0 Å². The van der Waals surface area contributed by atoms with Crippen molar-refractivity contribution in [1.82, 2.24) is 19.4 Å². The molecule has 0 unspecified atom stereocenters. The molecule has 0 atom stereocenters. The van der Waals surface area contributed by atoms with Crippen LogP contribution in [0.5, 0.6) is 0 Å². The molecule has 3 heterocycles. The van der Waals surface area contributed by atoms with Crippen LogP contribution in [-0.2, 0) is 31.4 Å². The molecule has 2 N–H and O–H groups in total. The van der Waals surface area contributed by atoms with E-state index in [1.807, 2.05) is 55.9 Å². The Labute approximate surface area is 238 Å². The first kappa shape index (κ1) is 27.5. The summed E-state index contributed by atoms with van der Waals surface area (Å²) in [6, 6.07) is 13.2. The highest BCUT2D eigenvalue weighted by atomic mass is 35.5. The summed E-state index contributed by atoms with van der Waals surface area (Å²) < 4.78 is 7.10. The maximum absolute atomic E-state index is 13.3. The third kappa shape index (κ3) is 5.36. The summed E-state index contributed by atoms with van der Waals surface area (Å²) in [5.41, 5.74) is 7.24. The monoisotopic (exact) mass is 558 g/mol. The molecule has 40 heavy (non-hydrogen) atoms. The van der Waals surface area contributed by atoms with Gasteiger partial charge in [0.1, 0.15) is 5.82 Å². The van der Waals surface area contributed by atoms with Crippen molar-refractivity contribution in [2.75, 3.05) is 31.3 Å². The van der Waals surface area contributed by atoms with Crippen LogP contribution in [0.4, 0.5) is 17.2 Å². The van der Waals surface area contributed by atoms with Crippen molar-refractivity contribution in [2.45, 2.75) is 26.5 Å². The first-order valence-electron chi connectivity index (χ1n) is 12.9. The molecular formula is C30H31ClN6O3. The number of imidazole rings is 1. The van der Waals surface area contributed by atoms with Gasteiger partial charge in [0.15, 0.2) is 12.1 Å². The molecule has 1 amide bonds. The molecule has 2 aromatic heterocycles. The molecule has 9 nitrogen and oxygen atoms in total. The van der Waals surface area contributed by atoms with Crippen molar-refractivity contribution in [3.8, 4) is 11.1 Å². The molecule has 0 fully saturated rings. The Morgan fingerprint density at radius 3 is 2.65 bits per heavy atom. The van der Waals surface area contributed by atoms with E-state index in [2.05, 4.69) is 25.5 Å². The zero-order chi connectivity index (χ0) is 28.4. The van der Waals surface area contributed by atoms with Crippen molar-refractivity contribution in [3.05, 3.63) is 87.6 Å². The van der Waals surface area contributed by atoms with Crippen LogP contribution in [0.25, 0.3) is 11.1 Å². The molecule has 206 valence electrons. The Balaban J connectivity index is 1.41. The zero-order valence-electron chi connectivity index (χ0n) is 22.9. The van der Waals surface area contributed by atoms with E-state index in [0.717, 1.165) is 65.1 Å². The largest absolute Gasteiger partial charge is 0.380 e. The summed E-state index contributed by atoms with van der Waals surface area (Å²) in [5, 5.41) is 6.75. The molecule has 2 aromatic carbocycles. The number of nitrogens with one attached hydrogen (secondary N) is 2. The Hall–Kier alpha value is -4.05. The Bertz CT molecular complexity index is 1600. The average Bonchev–Trinajstić information content (AvgIpc) is 3.27. The number of amides is 1. The van der Waals surface area contributed by atoms with Crippen LogP contribution in [0.15, 0.2) is 48.7 Å². The zero-order valence-corrected chi connectivity index (χ0v) is 23.7. The van der Waals surface area contributed by atoms with Gasteiger partial charge in [-0.05, 0) is 48.9 Å². The predicted molar refractivity (Wildman–Crippen MR) is 156 cm³/mol. The third-order valence-corrected chi connectivity index (χ3v) is 7.64. The maximum Gasteiger partial charge on any atom is 0.291 e. The number of aromatic nitrogens is 3. The van der Waals surface area contributed by atoms with Crippen LogP contribution >= 0.6 is 11.6 Å². The number of carbonyl (C=O) groups is 2. The van der Waals surface area contributed by atoms with Crippen molar-refractivity contribution in [2.24, 2.45) is 7.05 Å². The van der Waals surface area contributed by atoms with Gasteiger partial charge in [0.05, 0.1) is 23.0 Å². The van der Waals surface area contributed by atoms with Crippen LogP contribution in [-0.4, -0.2) is 52.3 Å². The number of carbonyl (C=O) groups excluding carboxylic acids is 2. The summed E-state index contributed by atoms with van der Waals surface area (Å²) in [6.07, 6.45) is 3.15. The molecule has 0 bridgehead atoms. The molecule has 4 aromatic rings. The van der Waals surface area contributed by atoms with Gasteiger partial charge in [-0.25, -0.2) is 9.97 Å². The quantitative estimate of drug-likeness (QED) is 0.280. The number of anilines is 3. The first-order valence-corrected chi connectivity index (χ1v) is 13.3. The van der Waals surface area contributed by atoms with Crippen LogP contribution in [0.1, 0.15) is 43.5 Å². The second-order valence-corrected chi connectivity index (χ2v) is 10.3. The minimum atomic E-state index is -0.303. The fourth-order valence-corrected chi connectivity index (χ4v) is 5.32. The fraction of sp³-hybridized carbons (Fsp3) is 0.267. The van der Waals surface area contributed by atoms with Crippen molar-refractivity contribution in [3.63, 3.8) is 0 Å². The SMILES string of the molecule is COCc1cc(Nc2cccc(-c3cccc(NC(=O)c4nc5c(n4C)CCN(C)C5)c3Cl)c2C)ncc1C=O. The van der Waals surface area contributed by atoms with E-state index in [1.54, 1.807) is 19.2 Å². The molecule has 0 aliphatic carbocycles. The smallest absolute Gasteiger partial charge is 0.291 e.